The predicted octanol–water partition coefficient (Wildman–Crippen LogP) is 3.39. The van der Waals surface area contributed by atoms with Gasteiger partial charge in [0.25, 0.3) is 0 Å². The van der Waals surface area contributed by atoms with Gasteiger partial charge in [0.15, 0.2) is 0 Å². The van der Waals surface area contributed by atoms with Gasteiger partial charge in [-0.05, 0) is 58.6 Å². The first-order chi connectivity index (χ1) is 8.97. The monoisotopic (exact) mass is 284 g/mol. The lowest BCUT2D eigenvalue weighted by molar-refractivity contribution is 0.100. The van der Waals surface area contributed by atoms with E-state index in [0.29, 0.717) is 29.2 Å². The van der Waals surface area contributed by atoms with Gasteiger partial charge in [0.05, 0.1) is 0 Å². The average molecular weight is 285 g/mol. The highest BCUT2D eigenvalue weighted by molar-refractivity contribution is 6.30. The number of nitrogens with zero attached hydrogens (tertiary/aromatic N) is 2. The molecule has 0 N–H and O–H groups in total. The van der Waals surface area contributed by atoms with Crippen molar-refractivity contribution in [3.05, 3.63) is 34.6 Å². The Morgan fingerprint density at radius 2 is 2.21 bits per heavy atom. The van der Waals surface area contributed by atoms with E-state index in [0.717, 1.165) is 19.4 Å². The molecule has 1 heterocycles. The highest BCUT2D eigenvalue weighted by Gasteiger charge is 2.25. The molecule has 1 saturated heterocycles. The van der Waals surface area contributed by atoms with E-state index in [2.05, 4.69) is 30.8 Å². The van der Waals surface area contributed by atoms with Gasteiger partial charge in [-0.3, -0.25) is 4.90 Å². The van der Waals surface area contributed by atoms with Crippen LogP contribution in [0.25, 0.3) is 0 Å². The molecule has 0 radical (unpaired) electrons. The first-order valence-corrected chi connectivity index (χ1v) is 7.19. The van der Waals surface area contributed by atoms with Crippen LogP contribution in [0, 0.1) is 5.82 Å². The standard InChI is InChI=1S/C15H22ClFN2/c1-11-8-14(6-7-18(11)2)19(3)10-12-9-13(16)4-5-15(12)17/h4-5,9,11,14H,6-8,10H2,1-3H3. The maximum Gasteiger partial charge on any atom is 0.127 e. The summed E-state index contributed by atoms with van der Waals surface area (Å²) in [6.45, 7) is 3.97. The third kappa shape index (κ3) is 3.68. The number of benzene rings is 1. The quantitative estimate of drug-likeness (QED) is 0.839. The van der Waals surface area contributed by atoms with Crippen molar-refractivity contribution < 1.29 is 4.39 Å². The molecule has 2 atom stereocenters. The molecule has 1 aliphatic rings. The Balaban J connectivity index is 2.01. The molecule has 0 saturated carbocycles. The van der Waals surface area contributed by atoms with Gasteiger partial charge in [0, 0.05) is 29.2 Å². The highest BCUT2D eigenvalue weighted by Crippen LogP contribution is 2.23. The van der Waals surface area contributed by atoms with Gasteiger partial charge >= 0.3 is 0 Å². The van der Waals surface area contributed by atoms with Crippen molar-refractivity contribution in [1.29, 1.82) is 0 Å². The van der Waals surface area contributed by atoms with Crippen LogP contribution in [-0.2, 0) is 6.54 Å². The van der Waals surface area contributed by atoms with Gasteiger partial charge in [0.1, 0.15) is 5.82 Å². The Bertz CT molecular complexity index is 438. The van der Waals surface area contributed by atoms with Crippen LogP contribution < -0.4 is 0 Å². The SMILES string of the molecule is CC1CC(N(C)Cc2cc(Cl)ccc2F)CCN1C. The van der Waals surface area contributed by atoms with Crippen LogP contribution in [-0.4, -0.2) is 42.5 Å². The number of halogens is 2. The molecule has 2 nitrogen and oxygen atoms in total. The Hall–Kier alpha value is -0.640. The Morgan fingerprint density at radius 1 is 1.47 bits per heavy atom. The van der Waals surface area contributed by atoms with Gasteiger partial charge < -0.3 is 4.90 Å². The van der Waals surface area contributed by atoms with Crippen LogP contribution in [0.1, 0.15) is 25.3 Å². The molecule has 1 aliphatic heterocycles. The van der Waals surface area contributed by atoms with Gasteiger partial charge in [-0.1, -0.05) is 11.6 Å². The molecule has 1 aromatic carbocycles. The first-order valence-electron chi connectivity index (χ1n) is 6.81. The number of rotatable bonds is 3. The molecule has 4 heteroatoms. The van der Waals surface area contributed by atoms with E-state index in [4.69, 9.17) is 11.6 Å². The first kappa shape index (κ1) is 14.8. The van der Waals surface area contributed by atoms with Crippen molar-refractivity contribution in [3.63, 3.8) is 0 Å². The van der Waals surface area contributed by atoms with Crippen LogP contribution in [0.15, 0.2) is 18.2 Å². The fourth-order valence-corrected chi connectivity index (χ4v) is 2.92. The molecular weight excluding hydrogens is 263 g/mol. The zero-order valence-electron chi connectivity index (χ0n) is 11.9. The summed E-state index contributed by atoms with van der Waals surface area (Å²) in [4.78, 5) is 4.63. The van der Waals surface area contributed by atoms with E-state index in [9.17, 15) is 4.39 Å². The lowest BCUT2D eigenvalue weighted by Gasteiger charge is -2.39. The fourth-order valence-electron chi connectivity index (χ4n) is 2.73. The molecule has 1 aromatic rings. The summed E-state index contributed by atoms with van der Waals surface area (Å²) in [6, 6.07) is 5.88. The number of likely N-dealkylation sites (tertiary alicyclic amines) is 1. The van der Waals surface area contributed by atoms with Crippen molar-refractivity contribution in [2.24, 2.45) is 0 Å². The second kappa shape index (κ2) is 6.21. The highest BCUT2D eigenvalue weighted by atomic mass is 35.5. The summed E-state index contributed by atoms with van der Waals surface area (Å²) in [5.41, 5.74) is 0.682. The molecule has 0 spiro atoms. The van der Waals surface area contributed by atoms with Crippen LogP contribution in [0.3, 0.4) is 0 Å². The molecule has 0 bridgehead atoms. The molecule has 2 rings (SSSR count). The van der Waals surface area contributed by atoms with E-state index < -0.39 is 0 Å². The summed E-state index contributed by atoms with van der Waals surface area (Å²) >= 11 is 5.94. The summed E-state index contributed by atoms with van der Waals surface area (Å²) in [5.74, 6) is -0.169. The number of piperidine rings is 1. The molecule has 0 aromatic heterocycles. The normalized spacial score (nSPS) is 24.9. The van der Waals surface area contributed by atoms with Crippen LogP contribution in [0.5, 0.6) is 0 Å². The minimum absolute atomic E-state index is 0.169. The largest absolute Gasteiger partial charge is 0.304 e. The summed E-state index contributed by atoms with van der Waals surface area (Å²) in [7, 11) is 4.24. The zero-order chi connectivity index (χ0) is 14.0. The second-order valence-corrected chi connectivity index (χ2v) is 6.10. The minimum atomic E-state index is -0.169. The Morgan fingerprint density at radius 3 is 2.89 bits per heavy atom. The molecule has 0 amide bonds. The van der Waals surface area contributed by atoms with Crippen LogP contribution >= 0.6 is 11.6 Å². The van der Waals surface area contributed by atoms with E-state index in [1.54, 1.807) is 12.1 Å². The van der Waals surface area contributed by atoms with Gasteiger partial charge in [-0.25, -0.2) is 4.39 Å². The summed E-state index contributed by atoms with van der Waals surface area (Å²) in [6.07, 6.45) is 2.27. The molecule has 1 fully saturated rings. The molecular formula is C15H22ClFN2. The van der Waals surface area contributed by atoms with Crippen LogP contribution in [0.4, 0.5) is 4.39 Å². The number of hydrogen-bond donors (Lipinski definition) is 0. The maximum atomic E-state index is 13.7. The van der Waals surface area contributed by atoms with Crippen molar-refractivity contribution in [1.82, 2.24) is 9.80 Å². The van der Waals surface area contributed by atoms with E-state index >= 15 is 0 Å². The summed E-state index contributed by atoms with van der Waals surface area (Å²) < 4.78 is 13.7. The van der Waals surface area contributed by atoms with Crippen molar-refractivity contribution in [3.8, 4) is 0 Å². The summed E-state index contributed by atoms with van der Waals surface area (Å²) in [5, 5.41) is 0.599. The lowest BCUT2D eigenvalue weighted by Crippen LogP contribution is -2.46. The molecule has 0 aliphatic carbocycles. The van der Waals surface area contributed by atoms with Gasteiger partial charge in [-0.15, -0.1) is 0 Å². The molecule has 2 unspecified atom stereocenters. The second-order valence-electron chi connectivity index (χ2n) is 5.66. The van der Waals surface area contributed by atoms with Gasteiger partial charge in [-0.2, -0.15) is 0 Å². The van der Waals surface area contributed by atoms with Crippen molar-refractivity contribution in [2.45, 2.75) is 38.4 Å². The predicted molar refractivity (Wildman–Crippen MR) is 78.0 cm³/mol. The van der Waals surface area contributed by atoms with Crippen molar-refractivity contribution in [2.75, 3.05) is 20.6 Å². The van der Waals surface area contributed by atoms with E-state index in [1.807, 2.05) is 0 Å². The Kier molecular flexibility index (Phi) is 4.82. The topological polar surface area (TPSA) is 6.48 Å². The van der Waals surface area contributed by atoms with Gasteiger partial charge in [0.2, 0.25) is 0 Å². The maximum absolute atomic E-state index is 13.7. The van der Waals surface area contributed by atoms with E-state index in [-0.39, 0.29) is 5.82 Å². The van der Waals surface area contributed by atoms with E-state index in [1.165, 1.54) is 6.07 Å². The molecule has 19 heavy (non-hydrogen) atoms. The third-order valence-electron chi connectivity index (χ3n) is 4.23. The average Bonchev–Trinajstić information content (AvgIpc) is 2.37. The van der Waals surface area contributed by atoms with Crippen LogP contribution in [0.2, 0.25) is 5.02 Å². The Labute approximate surface area is 120 Å². The zero-order valence-corrected chi connectivity index (χ0v) is 12.6. The number of hydrogen-bond acceptors (Lipinski definition) is 2. The lowest BCUT2D eigenvalue weighted by atomic mass is 9.97. The molecule has 106 valence electrons. The minimum Gasteiger partial charge on any atom is -0.304 e. The fraction of sp³-hybridized carbons (Fsp3) is 0.600. The smallest absolute Gasteiger partial charge is 0.127 e. The van der Waals surface area contributed by atoms with Crippen molar-refractivity contribution >= 4 is 11.6 Å². The third-order valence-corrected chi connectivity index (χ3v) is 4.47.